The summed E-state index contributed by atoms with van der Waals surface area (Å²) in [6.07, 6.45) is 0. The van der Waals surface area contributed by atoms with Gasteiger partial charge < -0.3 is 0 Å². The lowest BCUT2D eigenvalue weighted by Gasteiger charge is -2.11. The molecule has 0 spiro atoms. The Labute approximate surface area is 132 Å². The van der Waals surface area contributed by atoms with Gasteiger partial charge in [-0.1, -0.05) is 15.9 Å². The summed E-state index contributed by atoms with van der Waals surface area (Å²) in [6.45, 7) is 1.78. The van der Waals surface area contributed by atoms with Gasteiger partial charge in [-0.05, 0) is 19.1 Å². The Morgan fingerprint density at radius 3 is 2.48 bits per heavy atom. The van der Waals surface area contributed by atoms with Crippen molar-refractivity contribution in [2.75, 3.05) is 0 Å². The van der Waals surface area contributed by atoms with Crippen LogP contribution in [0.1, 0.15) is 11.5 Å². The number of alkyl halides is 1. The van der Waals surface area contributed by atoms with Crippen molar-refractivity contribution in [2.45, 2.75) is 12.8 Å². The topological polar surface area (TPSA) is 35.6 Å². The minimum absolute atomic E-state index is 0.0308. The Morgan fingerprint density at radius 2 is 1.90 bits per heavy atom. The normalized spacial score (nSPS) is 11.5. The fraction of sp³-hybridized carbons (Fsp3) is 0.231. The first-order valence-electron chi connectivity index (χ1n) is 6.05. The van der Waals surface area contributed by atoms with Gasteiger partial charge in [0.15, 0.2) is 17.3 Å². The highest BCUT2D eigenvalue weighted by Crippen LogP contribution is 2.29. The average Bonchev–Trinajstić information content (AvgIpc) is 2.88. The standard InChI is InChI=1S/C13H10BrClF2N4/c1-6-11-13(20(2)19-6)21(10(5-15)18-11)12-8(16)3-7(14)4-9(12)17/h3-4H,5H2,1-2H3. The van der Waals surface area contributed by atoms with Gasteiger partial charge in [0, 0.05) is 11.5 Å². The highest BCUT2D eigenvalue weighted by Gasteiger charge is 2.23. The van der Waals surface area contributed by atoms with Gasteiger partial charge in [-0.25, -0.2) is 18.4 Å². The maximum atomic E-state index is 14.3. The quantitative estimate of drug-likeness (QED) is 0.638. The van der Waals surface area contributed by atoms with Gasteiger partial charge in [0.25, 0.3) is 0 Å². The first-order chi connectivity index (χ1) is 9.93. The number of hydrogen-bond donors (Lipinski definition) is 0. The van der Waals surface area contributed by atoms with Gasteiger partial charge in [-0.3, -0.25) is 4.57 Å². The molecule has 0 radical (unpaired) electrons. The van der Waals surface area contributed by atoms with Crippen LogP contribution in [-0.2, 0) is 12.9 Å². The summed E-state index contributed by atoms with van der Waals surface area (Å²) in [7, 11) is 1.69. The first kappa shape index (κ1) is 14.5. The van der Waals surface area contributed by atoms with E-state index in [1.165, 1.54) is 21.4 Å². The molecule has 0 atom stereocenters. The van der Waals surface area contributed by atoms with Crippen LogP contribution in [0.15, 0.2) is 16.6 Å². The molecule has 8 heteroatoms. The third kappa shape index (κ3) is 2.15. The summed E-state index contributed by atoms with van der Waals surface area (Å²) in [5.41, 5.74) is 1.55. The molecule has 0 saturated carbocycles. The molecule has 0 unspecified atom stereocenters. The van der Waals surface area contributed by atoms with Crippen LogP contribution >= 0.6 is 27.5 Å². The van der Waals surface area contributed by atoms with Crippen molar-refractivity contribution in [3.05, 3.63) is 39.8 Å². The van der Waals surface area contributed by atoms with Crippen molar-refractivity contribution >= 4 is 38.7 Å². The lowest BCUT2D eigenvalue weighted by molar-refractivity contribution is 0.565. The zero-order valence-corrected chi connectivity index (χ0v) is 13.5. The molecule has 0 aliphatic carbocycles. The van der Waals surface area contributed by atoms with E-state index in [4.69, 9.17) is 11.6 Å². The second kappa shape index (κ2) is 5.06. The number of rotatable bonds is 2. The first-order valence-corrected chi connectivity index (χ1v) is 7.38. The highest BCUT2D eigenvalue weighted by molar-refractivity contribution is 9.10. The van der Waals surface area contributed by atoms with Gasteiger partial charge in [-0.15, -0.1) is 11.6 Å². The number of aromatic nitrogens is 4. The predicted molar refractivity (Wildman–Crippen MR) is 79.7 cm³/mol. The molecule has 110 valence electrons. The number of fused-ring (bicyclic) bond motifs is 1. The van der Waals surface area contributed by atoms with Crippen LogP contribution in [-0.4, -0.2) is 19.3 Å². The number of nitrogens with zero attached hydrogens (tertiary/aromatic N) is 4. The molecule has 0 aliphatic rings. The van der Waals surface area contributed by atoms with Crippen LogP contribution in [0, 0.1) is 18.6 Å². The molecule has 0 saturated heterocycles. The maximum Gasteiger partial charge on any atom is 0.163 e. The number of imidazole rings is 1. The minimum atomic E-state index is -0.702. The summed E-state index contributed by atoms with van der Waals surface area (Å²) >= 11 is 8.95. The van der Waals surface area contributed by atoms with Crippen LogP contribution in [0.2, 0.25) is 0 Å². The average molecular weight is 376 g/mol. The van der Waals surface area contributed by atoms with Crippen molar-refractivity contribution in [3.8, 4) is 5.69 Å². The Bertz CT molecular complexity index is 833. The van der Waals surface area contributed by atoms with Gasteiger partial charge in [-0.2, -0.15) is 5.10 Å². The monoisotopic (exact) mass is 374 g/mol. The predicted octanol–water partition coefficient (Wildman–Crippen LogP) is 3.85. The highest BCUT2D eigenvalue weighted by atomic mass is 79.9. The van der Waals surface area contributed by atoms with Crippen molar-refractivity contribution in [3.63, 3.8) is 0 Å². The fourth-order valence-electron chi connectivity index (χ4n) is 2.39. The Morgan fingerprint density at radius 1 is 1.29 bits per heavy atom. The Balaban J connectivity index is 2.44. The fourth-order valence-corrected chi connectivity index (χ4v) is 2.97. The summed E-state index contributed by atoms with van der Waals surface area (Å²) in [4.78, 5) is 4.34. The molecule has 4 nitrogen and oxygen atoms in total. The molecular formula is C13H10BrClF2N4. The van der Waals surface area contributed by atoms with E-state index in [2.05, 4.69) is 26.0 Å². The van der Waals surface area contributed by atoms with Crippen LogP contribution in [0.5, 0.6) is 0 Å². The number of hydrogen-bond acceptors (Lipinski definition) is 2. The molecule has 0 aliphatic heterocycles. The summed E-state index contributed by atoms with van der Waals surface area (Å²) in [5, 5.41) is 4.22. The lowest BCUT2D eigenvalue weighted by atomic mass is 10.3. The van der Waals surface area contributed by atoms with Crippen molar-refractivity contribution in [1.82, 2.24) is 19.3 Å². The van der Waals surface area contributed by atoms with Gasteiger partial charge in [0.2, 0.25) is 0 Å². The van der Waals surface area contributed by atoms with Crippen molar-refractivity contribution in [1.29, 1.82) is 0 Å². The second-order valence-electron chi connectivity index (χ2n) is 4.60. The van der Waals surface area contributed by atoms with E-state index in [1.54, 1.807) is 14.0 Å². The van der Waals surface area contributed by atoms with E-state index in [0.29, 0.717) is 27.2 Å². The largest absolute Gasteiger partial charge is 0.274 e. The molecule has 0 N–H and O–H groups in total. The molecule has 3 rings (SSSR count). The second-order valence-corrected chi connectivity index (χ2v) is 5.78. The summed E-state index contributed by atoms with van der Waals surface area (Å²) in [6, 6.07) is 2.40. The van der Waals surface area contributed by atoms with Crippen molar-refractivity contribution < 1.29 is 8.78 Å². The molecule has 0 amide bonds. The smallest absolute Gasteiger partial charge is 0.163 e. The van der Waals surface area contributed by atoms with E-state index < -0.39 is 11.6 Å². The molecule has 21 heavy (non-hydrogen) atoms. The third-order valence-electron chi connectivity index (χ3n) is 3.20. The molecule has 0 bridgehead atoms. The summed E-state index contributed by atoms with van der Waals surface area (Å²) in [5.74, 6) is -1.01. The SMILES string of the molecule is Cc1nn(C)c2c1nc(CCl)n2-c1c(F)cc(Br)cc1F. The van der Waals surface area contributed by atoms with E-state index in [9.17, 15) is 8.78 Å². The number of halogens is 4. The van der Waals surface area contributed by atoms with E-state index >= 15 is 0 Å². The summed E-state index contributed by atoms with van der Waals surface area (Å²) < 4.78 is 31.8. The number of aryl methyl sites for hydroxylation is 2. The van der Waals surface area contributed by atoms with Gasteiger partial charge >= 0.3 is 0 Å². The molecule has 1 aromatic carbocycles. The lowest BCUT2D eigenvalue weighted by Crippen LogP contribution is -2.08. The maximum absolute atomic E-state index is 14.3. The number of benzene rings is 1. The van der Waals surface area contributed by atoms with E-state index in [1.807, 2.05) is 0 Å². The van der Waals surface area contributed by atoms with Crippen LogP contribution in [0.3, 0.4) is 0 Å². The third-order valence-corrected chi connectivity index (χ3v) is 3.89. The molecule has 3 aromatic rings. The molecule has 2 heterocycles. The Hall–Kier alpha value is -1.47. The minimum Gasteiger partial charge on any atom is -0.274 e. The van der Waals surface area contributed by atoms with E-state index in [0.717, 1.165) is 0 Å². The van der Waals surface area contributed by atoms with Gasteiger partial charge in [0.05, 0.1) is 11.6 Å². The molecular weight excluding hydrogens is 366 g/mol. The zero-order chi connectivity index (χ0) is 15.3. The zero-order valence-electron chi connectivity index (χ0n) is 11.2. The Kier molecular flexibility index (Phi) is 3.49. The molecule has 0 fully saturated rings. The van der Waals surface area contributed by atoms with Crippen LogP contribution in [0.25, 0.3) is 16.9 Å². The van der Waals surface area contributed by atoms with Crippen molar-refractivity contribution in [2.24, 2.45) is 7.05 Å². The van der Waals surface area contributed by atoms with E-state index in [-0.39, 0.29) is 11.6 Å². The molecule has 2 aromatic heterocycles. The van der Waals surface area contributed by atoms with Gasteiger partial charge in [0.1, 0.15) is 17.0 Å². The van der Waals surface area contributed by atoms with Crippen LogP contribution in [0.4, 0.5) is 8.78 Å². The van der Waals surface area contributed by atoms with Crippen LogP contribution < -0.4 is 0 Å².